The molecule has 2 heterocycles. The molecule has 1 fully saturated rings. The SMILES string of the molecule is COc1ccnc(CN2CC(N)C2)c1OC. The van der Waals surface area contributed by atoms with Crippen LogP contribution in [0.1, 0.15) is 5.69 Å². The van der Waals surface area contributed by atoms with Crippen LogP contribution >= 0.6 is 0 Å². The Balaban J connectivity index is 2.13. The van der Waals surface area contributed by atoms with E-state index in [4.69, 9.17) is 15.2 Å². The molecular weight excluding hydrogens is 206 g/mol. The van der Waals surface area contributed by atoms with Gasteiger partial charge in [-0.1, -0.05) is 0 Å². The number of rotatable bonds is 4. The van der Waals surface area contributed by atoms with Crippen LogP contribution in [-0.4, -0.2) is 43.2 Å². The Morgan fingerprint density at radius 1 is 1.44 bits per heavy atom. The average molecular weight is 223 g/mol. The second-order valence-corrected chi connectivity index (χ2v) is 3.95. The molecule has 16 heavy (non-hydrogen) atoms. The van der Waals surface area contributed by atoms with Gasteiger partial charge in [-0.25, -0.2) is 0 Å². The van der Waals surface area contributed by atoms with E-state index < -0.39 is 0 Å². The van der Waals surface area contributed by atoms with Gasteiger partial charge in [0.15, 0.2) is 11.5 Å². The number of ether oxygens (including phenoxy) is 2. The summed E-state index contributed by atoms with van der Waals surface area (Å²) in [6.45, 7) is 2.60. The van der Waals surface area contributed by atoms with Crippen molar-refractivity contribution in [1.82, 2.24) is 9.88 Å². The molecule has 1 aliphatic heterocycles. The smallest absolute Gasteiger partial charge is 0.183 e. The molecule has 1 saturated heterocycles. The van der Waals surface area contributed by atoms with Gasteiger partial charge in [0, 0.05) is 37.9 Å². The normalized spacial score (nSPS) is 16.9. The number of aromatic nitrogens is 1. The molecular formula is C11H17N3O2. The predicted octanol–water partition coefficient (Wildman–Crippen LogP) is 0.242. The lowest BCUT2D eigenvalue weighted by atomic mass is 10.1. The molecule has 1 aromatic heterocycles. The van der Waals surface area contributed by atoms with Crippen LogP contribution in [-0.2, 0) is 6.54 Å². The van der Waals surface area contributed by atoms with Crippen molar-refractivity contribution in [2.45, 2.75) is 12.6 Å². The molecule has 2 rings (SSSR count). The fraction of sp³-hybridized carbons (Fsp3) is 0.545. The average Bonchev–Trinajstić information content (AvgIpc) is 2.26. The summed E-state index contributed by atoms with van der Waals surface area (Å²) in [7, 11) is 3.26. The van der Waals surface area contributed by atoms with E-state index in [1.165, 1.54) is 0 Å². The van der Waals surface area contributed by atoms with Gasteiger partial charge in [0.2, 0.25) is 0 Å². The van der Waals surface area contributed by atoms with Crippen LogP contribution < -0.4 is 15.2 Å². The number of hydrogen-bond acceptors (Lipinski definition) is 5. The van der Waals surface area contributed by atoms with Gasteiger partial charge >= 0.3 is 0 Å². The molecule has 5 nitrogen and oxygen atoms in total. The van der Waals surface area contributed by atoms with E-state index in [-0.39, 0.29) is 0 Å². The molecule has 88 valence electrons. The van der Waals surface area contributed by atoms with E-state index in [0.29, 0.717) is 11.8 Å². The Kier molecular flexibility index (Phi) is 3.26. The Morgan fingerprint density at radius 2 is 2.19 bits per heavy atom. The van der Waals surface area contributed by atoms with Gasteiger partial charge in [-0.15, -0.1) is 0 Å². The number of nitrogens with two attached hydrogens (primary N) is 1. The third kappa shape index (κ3) is 2.10. The highest BCUT2D eigenvalue weighted by Gasteiger charge is 2.24. The summed E-state index contributed by atoms with van der Waals surface area (Å²) in [4.78, 5) is 6.55. The minimum Gasteiger partial charge on any atom is -0.493 e. The first-order valence-electron chi connectivity index (χ1n) is 5.28. The number of hydrogen-bond donors (Lipinski definition) is 1. The van der Waals surface area contributed by atoms with Crippen molar-refractivity contribution in [2.75, 3.05) is 27.3 Å². The first-order chi connectivity index (χ1) is 7.74. The quantitative estimate of drug-likeness (QED) is 0.792. The van der Waals surface area contributed by atoms with E-state index in [1.54, 1.807) is 26.5 Å². The number of nitrogens with zero attached hydrogens (tertiary/aromatic N) is 2. The van der Waals surface area contributed by atoms with Crippen molar-refractivity contribution in [1.29, 1.82) is 0 Å². The highest BCUT2D eigenvalue weighted by Crippen LogP contribution is 2.30. The van der Waals surface area contributed by atoms with Crippen molar-refractivity contribution in [2.24, 2.45) is 5.73 Å². The lowest BCUT2D eigenvalue weighted by molar-refractivity contribution is 0.138. The molecule has 0 aromatic carbocycles. The minimum absolute atomic E-state index is 0.302. The van der Waals surface area contributed by atoms with Gasteiger partial charge in [-0.3, -0.25) is 9.88 Å². The largest absolute Gasteiger partial charge is 0.493 e. The first kappa shape index (κ1) is 11.2. The molecule has 0 bridgehead atoms. The highest BCUT2D eigenvalue weighted by atomic mass is 16.5. The molecule has 0 radical (unpaired) electrons. The molecule has 1 aromatic rings. The third-order valence-electron chi connectivity index (χ3n) is 2.73. The summed E-state index contributed by atoms with van der Waals surface area (Å²) in [6.07, 6.45) is 1.73. The Hall–Kier alpha value is -1.33. The number of pyridine rings is 1. The van der Waals surface area contributed by atoms with Crippen LogP contribution in [0.5, 0.6) is 11.5 Å². The standard InChI is InChI=1S/C11H17N3O2/c1-15-10-3-4-13-9(11(10)16-2)7-14-5-8(12)6-14/h3-4,8H,5-7,12H2,1-2H3. The molecule has 0 saturated carbocycles. The molecule has 0 aliphatic carbocycles. The van der Waals surface area contributed by atoms with Crippen molar-refractivity contribution < 1.29 is 9.47 Å². The zero-order chi connectivity index (χ0) is 11.5. The van der Waals surface area contributed by atoms with Crippen LogP contribution in [0.2, 0.25) is 0 Å². The summed E-state index contributed by atoms with van der Waals surface area (Å²) in [5.41, 5.74) is 6.63. The van der Waals surface area contributed by atoms with E-state index in [2.05, 4.69) is 9.88 Å². The second kappa shape index (κ2) is 4.67. The fourth-order valence-electron chi connectivity index (χ4n) is 1.91. The van der Waals surface area contributed by atoms with Crippen LogP contribution in [0.25, 0.3) is 0 Å². The minimum atomic E-state index is 0.302. The molecule has 0 spiro atoms. The number of likely N-dealkylation sites (tertiary alicyclic amines) is 1. The summed E-state index contributed by atoms with van der Waals surface area (Å²) >= 11 is 0. The molecule has 0 unspecified atom stereocenters. The topological polar surface area (TPSA) is 60.6 Å². The van der Waals surface area contributed by atoms with Crippen LogP contribution in [0, 0.1) is 0 Å². The van der Waals surface area contributed by atoms with Gasteiger partial charge in [-0.05, 0) is 0 Å². The fourth-order valence-corrected chi connectivity index (χ4v) is 1.91. The maximum absolute atomic E-state index is 5.73. The molecule has 1 aliphatic rings. The van der Waals surface area contributed by atoms with Gasteiger partial charge in [0.25, 0.3) is 0 Å². The zero-order valence-electron chi connectivity index (χ0n) is 9.64. The van der Waals surface area contributed by atoms with E-state index in [9.17, 15) is 0 Å². The van der Waals surface area contributed by atoms with Crippen LogP contribution in [0.15, 0.2) is 12.3 Å². The van der Waals surface area contributed by atoms with Gasteiger partial charge in [0.05, 0.1) is 14.2 Å². The summed E-state index contributed by atoms with van der Waals surface area (Å²) < 4.78 is 10.5. The summed E-state index contributed by atoms with van der Waals surface area (Å²) in [5.74, 6) is 1.43. The molecule has 0 atom stereocenters. The molecule has 5 heteroatoms. The van der Waals surface area contributed by atoms with E-state index in [0.717, 1.165) is 31.1 Å². The Bertz CT molecular complexity index is 364. The second-order valence-electron chi connectivity index (χ2n) is 3.95. The van der Waals surface area contributed by atoms with Crippen molar-refractivity contribution in [3.8, 4) is 11.5 Å². The monoisotopic (exact) mass is 223 g/mol. The Labute approximate surface area is 95.2 Å². The van der Waals surface area contributed by atoms with E-state index in [1.807, 2.05) is 0 Å². The zero-order valence-corrected chi connectivity index (χ0v) is 9.64. The van der Waals surface area contributed by atoms with Crippen LogP contribution in [0.4, 0.5) is 0 Å². The molecule has 0 amide bonds. The van der Waals surface area contributed by atoms with Gasteiger partial charge in [-0.2, -0.15) is 0 Å². The van der Waals surface area contributed by atoms with Crippen molar-refractivity contribution >= 4 is 0 Å². The van der Waals surface area contributed by atoms with Crippen molar-refractivity contribution in [3.63, 3.8) is 0 Å². The number of methoxy groups -OCH3 is 2. The van der Waals surface area contributed by atoms with Gasteiger partial charge < -0.3 is 15.2 Å². The van der Waals surface area contributed by atoms with Crippen molar-refractivity contribution in [3.05, 3.63) is 18.0 Å². The predicted molar refractivity (Wildman–Crippen MR) is 60.6 cm³/mol. The maximum Gasteiger partial charge on any atom is 0.183 e. The first-order valence-corrected chi connectivity index (χ1v) is 5.28. The van der Waals surface area contributed by atoms with Gasteiger partial charge in [0.1, 0.15) is 5.69 Å². The Morgan fingerprint density at radius 3 is 2.75 bits per heavy atom. The summed E-state index contributed by atoms with van der Waals surface area (Å²) in [6, 6.07) is 2.10. The lowest BCUT2D eigenvalue weighted by Gasteiger charge is -2.36. The summed E-state index contributed by atoms with van der Waals surface area (Å²) in [5, 5.41) is 0. The molecule has 2 N–H and O–H groups in total. The maximum atomic E-state index is 5.73. The third-order valence-corrected chi connectivity index (χ3v) is 2.73. The highest BCUT2D eigenvalue weighted by molar-refractivity contribution is 5.42. The lowest BCUT2D eigenvalue weighted by Crippen LogP contribution is -2.55. The van der Waals surface area contributed by atoms with E-state index >= 15 is 0 Å². The van der Waals surface area contributed by atoms with Crippen LogP contribution in [0.3, 0.4) is 0 Å².